The lowest BCUT2D eigenvalue weighted by atomic mass is 10.1. The van der Waals surface area contributed by atoms with Gasteiger partial charge in [0.1, 0.15) is 12.4 Å². The third kappa shape index (κ3) is 1.14. The molecule has 0 bridgehead atoms. The second-order valence-corrected chi connectivity index (χ2v) is 2.69. The second-order valence-electron chi connectivity index (χ2n) is 2.69. The van der Waals surface area contributed by atoms with Crippen LogP contribution in [0.2, 0.25) is 0 Å². The summed E-state index contributed by atoms with van der Waals surface area (Å²) in [7, 11) is 0. The van der Waals surface area contributed by atoms with Crippen molar-refractivity contribution in [2.75, 3.05) is 6.61 Å². The molecule has 0 fully saturated rings. The van der Waals surface area contributed by atoms with Crippen LogP contribution in [0.5, 0.6) is 5.75 Å². The molecule has 1 heteroatoms. The maximum Gasteiger partial charge on any atom is 0.127 e. The van der Waals surface area contributed by atoms with Gasteiger partial charge in [-0.05, 0) is 24.6 Å². The number of benzene rings is 1. The Morgan fingerprint density at radius 3 is 3.09 bits per heavy atom. The molecule has 0 saturated carbocycles. The van der Waals surface area contributed by atoms with E-state index in [9.17, 15) is 0 Å². The van der Waals surface area contributed by atoms with Crippen LogP contribution in [-0.2, 0) is 0 Å². The summed E-state index contributed by atoms with van der Waals surface area (Å²) in [4.78, 5) is 0. The molecule has 2 rings (SSSR count). The molecule has 1 aliphatic heterocycles. The van der Waals surface area contributed by atoms with Crippen molar-refractivity contribution in [3.05, 3.63) is 41.5 Å². The molecule has 0 amide bonds. The Morgan fingerprint density at radius 1 is 1.36 bits per heavy atom. The zero-order chi connectivity index (χ0) is 7.68. The summed E-state index contributed by atoms with van der Waals surface area (Å²) in [6, 6.07) is 7.95. The highest BCUT2D eigenvalue weighted by molar-refractivity contribution is 5.41. The average Bonchev–Trinajstić information content (AvgIpc) is 2.04. The fourth-order valence-corrected chi connectivity index (χ4v) is 1.15. The van der Waals surface area contributed by atoms with Gasteiger partial charge in [-0.2, -0.15) is 0 Å². The molecule has 0 spiro atoms. The molecule has 0 unspecified atom stereocenters. The minimum atomic E-state index is 0.678. The molecule has 1 aromatic rings. The van der Waals surface area contributed by atoms with Gasteiger partial charge in [0.25, 0.3) is 0 Å². The second kappa shape index (κ2) is 2.42. The van der Waals surface area contributed by atoms with Crippen LogP contribution in [-0.4, -0.2) is 6.61 Å². The Labute approximate surface area is 66.3 Å². The molecule has 0 N–H and O–H groups in total. The van der Waals surface area contributed by atoms with Crippen molar-refractivity contribution in [1.29, 1.82) is 0 Å². The van der Waals surface area contributed by atoms with Gasteiger partial charge < -0.3 is 4.74 Å². The predicted molar refractivity (Wildman–Crippen MR) is 43.5 cm³/mol. The first-order valence-electron chi connectivity index (χ1n) is 3.67. The molecule has 1 aliphatic rings. The van der Waals surface area contributed by atoms with E-state index in [2.05, 4.69) is 6.08 Å². The van der Waals surface area contributed by atoms with E-state index in [1.165, 1.54) is 0 Å². The molecule has 1 aromatic carbocycles. The van der Waals surface area contributed by atoms with Crippen molar-refractivity contribution in [3.8, 4) is 5.75 Å². The van der Waals surface area contributed by atoms with Gasteiger partial charge in [0, 0.05) is 5.56 Å². The summed E-state index contributed by atoms with van der Waals surface area (Å²) in [5.41, 5.74) is 2.22. The van der Waals surface area contributed by atoms with Gasteiger partial charge in [-0.3, -0.25) is 0 Å². The molecule has 1 heterocycles. The molecule has 0 atom stereocenters. The Kier molecular flexibility index (Phi) is 1.42. The Balaban J connectivity index is 2.51. The molecule has 0 aromatic heterocycles. The summed E-state index contributed by atoms with van der Waals surface area (Å²) in [6.45, 7) is 2.70. The zero-order valence-corrected chi connectivity index (χ0v) is 6.42. The van der Waals surface area contributed by atoms with E-state index in [1.54, 1.807) is 0 Å². The van der Waals surface area contributed by atoms with Crippen LogP contribution in [0.3, 0.4) is 0 Å². The van der Waals surface area contributed by atoms with Gasteiger partial charge in [0.05, 0.1) is 0 Å². The van der Waals surface area contributed by atoms with Crippen molar-refractivity contribution in [3.63, 3.8) is 0 Å². The number of hydrogen-bond acceptors (Lipinski definition) is 1. The molecular formula is C10H9O. The highest BCUT2D eigenvalue weighted by Crippen LogP contribution is 2.23. The van der Waals surface area contributed by atoms with Gasteiger partial charge in [-0.1, -0.05) is 18.2 Å². The first-order valence-corrected chi connectivity index (χ1v) is 3.67. The number of para-hydroxylation sites is 1. The lowest BCUT2D eigenvalue weighted by Crippen LogP contribution is -2.05. The molecule has 1 radical (unpaired) electrons. The van der Waals surface area contributed by atoms with Crippen molar-refractivity contribution in [2.45, 2.75) is 6.92 Å². The van der Waals surface area contributed by atoms with E-state index in [0.29, 0.717) is 6.61 Å². The maximum absolute atomic E-state index is 5.44. The largest absolute Gasteiger partial charge is 0.489 e. The van der Waals surface area contributed by atoms with Crippen LogP contribution < -0.4 is 4.74 Å². The van der Waals surface area contributed by atoms with Gasteiger partial charge in [-0.25, -0.2) is 0 Å². The van der Waals surface area contributed by atoms with E-state index in [1.807, 2.05) is 31.2 Å². The third-order valence-electron chi connectivity index (χ3n) is 1.68. The van der Waals surface area contributed by atoms with Crippen LogP contribution in [0.15, 0.2) is 29.8 Å². The minimum Gasteiger partial charge on any atom is -0.489 e. The number of ether oxygens (including phenoxy) is 1. The SMILES string of the molecule is CC1=[C]c2ccccc2OC1. The van der Waals surface area contributed by atoms with Crippen molar-refractivity contribution in [1.82, 2.24) is 0 Å². The smallest absolute Gasteiger partial charge is 0.127 e. The predicted octanol–water partition coefficient (Wildman–Crippen LogP) is 2.18. The van der Waals surface area contributed by atoms with Gasteiger partial charge in [-0.15, -0.1) is 0 Å². The fraction of sp³-hybridized carbons (Fsp3) is 0.200. The fourth-order valence-electron chi connectivity index (χ4n) is 1.15. The topological polar surface area (TPSA) is 9.23 Å². The number of hydrogen-bond donors (Lipinski definition) is 0. The van der Waals surface area contributed by atoms with Crippen LogP contribution in [0.4, 0.5) is 0 Å². The van der Waals surface area contributed by atoms with Crippen LogP contribution >= 0.6 is 0 Å². The van der Waals surface area contributed by atoms with Gasteiger partial charge in [0.15, 0.2) is 0 Å². The standard InChI is InChI=1S/C10H9O/c1-8-6-9-4-2-3-5-10(9)11-7-8/h2-5H,7H2,1H3. The molecule has 0 saturated heterocycles. The Morgan fingerprint density at radius 2 is 2.18 bits per heavy atom. The average molecular weight is 145 g/mol. The zero-order valence-electron chi connectivity index (χ0n) is 6.42. The molecule has 55 valence electrons. The first kappa shape index (κ1) is 6.47. The van der Waals surface area contributed by atoms with E-state index < -0.39 is 0 Å². The summed E-state index contributed by atoms with van der Waals surface area (Å²) < 4.78 is 5.44. The Bertz CT molecular complexity index is 299. The Hall–Kier alpha value is -1.24. The lowest BCUT2D eigenvalue weighted by molar-refractivity contribution is 0.343. The minimum absolute atomic E-state index is 0.678. The molecule has 1 nitrogen and oxygen atoms in total. The van der Waals surface area contributed by atoms with Crippen molar-refractivity contribution >= 4 is 0 Å². The molecule has 0 aliphatic carbocycles. The van der Waals surface area contributed by atoms with Crippen molar-refractivity contribution in [2.24, 2.45) is 0 Å². The normalized spacial score (nSPS) is 14.8. The van der Waals surface area contributed by atoms with Crippen LogP contribution in [0.25, 0.3) is 0 Å². The lowest BCUT2D eigenvalue weighted by Gasteiger charge is -2.14. The van der Waals surface area contributed by atoms with E-state index >= 15 is 0 Å². The molecule has 11 heavy (non-hydrogen) atoms. The number of fused-ring (bicyclic) bond motifs is 1. The van der Waals surface area contributed by atoms with E-state index in [4.69, 9.17) is 4.74 Å². The third-order valence-corrected chi connectivity index (χ3v) is 1.68. The van der Waals surface area contributed by atoms with Crippen LogP contribution in [0.1, 0.15) is 12.5 Å². The highest BCUT2D eigenvalue weighted by Gasteiger charge is 2.06. The number of rotatable bonds is 0. The van der Waals surface area contributed by atoms with Gasteiger partial charge >= 0.3 is 0 Å². The van der Waals surface area contributed by atoms with Crippen LogP contribution in [0, 0.1) is 6.08 Å². The van der Waals surface area contributed by atoms with Gasteiger partial charge in [0.2, 0.25) is 0 Å². The molecular weight excluding hydrogens is 136 g/mol. The quantitative estimate of drug-likeness (QED) is 0.543. The maximum atomic E-state index is 5.44. The van der Waals surface area contributed by atoms with E-state index in [-0.39, 0.29) is 0 Å². The monoisotopic (exact) mass is 145 g/mol. The first-order chi connectivity index (χ1) is 5.36. The summed E-state index contributed by atoms with van der Waals surface area (Å²) >= 11 is 0. The van der Waals surface area contributed by atoms with Crippen molar-refractivity contribution < 1.29 is 4.74 Å². The summed E-state index contributed by atoms with van der Waals surface area (Å²) in [5, 5.41) is 0. The van der Waals surface area contributed by atoms with E-state index in [0.717, 1.165) is 16.9 Å². The summed E-state index contributed by atoms with van der Waals surface area (Å²) in [5.74, 6) is 0.943. The highest BCUT2D eigenvalue weighted by atomic mass is 16.5. The summed E-state index contributed by atoms with van der Waals surface area (Å²) in [6.07, 6.45) is 3.25.